The number of anilines is 1. The van der Waals surface area contributed by atoms with E-state index in [2.05, 4.69) is 5.32 Å². The lowest BCUT2D eigenvalue weighted by atomic mass is 10.1. The van der Waals surface area contributed by atoms with Gasteiger partial charge in [-0.25, -0.2) is 4.39 Å². The first-order chi connectivity index (χ1) is 10.0. The van der Waals surface area contributed by atoms with Gasteiger partial charge in [0.25, 0.3) is 0 Å². The molecule has 21 heavy (non-hydrogen) atoms. The van der Waals surface area contributed by atoms with Crippen molar-refractivity contribution in [3.8, 4) is 17.2 Å². The summed E-state index contributed by atoms with van der Waals surface area (Å²) in [6, 6.07) is 7.49. The number of benzene rings is 2. The second-order valence-electron chi connectivity index (χ2n) is 4.33. The van der Waals surface area contributed by atoms with Crippen LogP contribution in [0.25, 0.3) is 0 Å². The van der Waals surface area contributed by atoms with Gasteiger partial charge in [0.15, 0.2) is 11.5 Å². The summed E-state index contributed by atoms with van der Waals surface area (Å²) in [5.74, 6) is 0.190. The Balaban J connectivity index is 2.19. The van der Waals surface area contributed by atoms with Gasteiger partial charge >= 0.3 is 0 Å². The minimum Gasteiger partial charge on any atom is -0.502 e. The molecule has 2 rings (SSSR count). The quantitative estimate of drug-likeness (QED) is 0.881. The van der Waals surface area contributed by atoms with Crippen LogP contribution in [0.2, 0.25) is 5.02 Å². The number of phenolic OH excluding ortho intramolecular Hbond substituents is 1. The molecule has 2 aromatic rings. The molecular formula is C15H15ClFNO3. The topological polar surface area (TPSA) is 50.7 Å². The van der Waals surface area contributed by atoms with Crippen LogP contribution in [0.15, 0.2) is 30.3 Å². The minimum atomic E-state index is -0.390. The fraction of sp³-hybridized carbons (Fsp3) is 0.200. The maximum atomic E-state index is 13.0. The second-order valence-corrected chi connectivity index (χ2v) is 4.73. The van der Waals surface area contributed by atoms with Crippen LogP contribution in [0.4, 0.5) is 10.1 Å². The van der Waals surface area contributed by atoms with E-state index in [1.54, 1.807) is 18.2 Å². The van der Waals surface area contributed by atoms with Gasteiger partial charge in [0, 0.05) is 6.54 Å². The SMILES string of the molecule is COc1cc(CNc2ccc(F)cc2Cl)cc(OC)c1O. The summed E-state index contributed by atoms with van der Waals surface area (Å²) >= 11 is 5.95. The van der Waals surface area contributed by atoms with E-state index < -0.39 is 5.82 Å². The summed E-state index contributed by atoms with van der Waals surface area (Å²) in [6.07, 6.45) is 0. The van der Waals surface area contributed by atoms with Crippen LogP contribution >= 0.6 is 11.6 Å². The number of hydrogen-bond acceptors (Lipinski definition) is 4. The van der Waals surface area contributed by atoms with Gasteiger partial charge in [-0.15, -0.1) is 0 Å². The number of rotatable bonds is 5. The first-order valence-electron chi connectivity index (χ1n) is 6.18. The van der Waals surface area contributed by atoms with Gasteiger partial charge < -0.3 is 19.9 Å². The zero-order chi connectivity index (χ0) is 15.4. The number of aromatic hydroxyl groups is 1. The molecule has 0 fully saturated rings. The molecule has 0 unspecified atom stereocenters. The van der Waals surface area contributed by atoms with E-state index in [9.17, 15) is 9.50 Å². The van der Waals surface area contributed by atoms with Gasteiger partial charge in [0.2, 0.25) is 5.75 Å². The molecule has 0 spiro atoms. The smallest absolute Gasteiger partial charge is 0.200 e. The van der Waals surface area contributed by atoms with E-state index in [0.717, 1.165) is 5.56 Å². The van der Waals surface area contributed by atoms with Crippen molar-refractivity contribution < 1.29 is 19.0 Å². The molecule has 6 heteroatoms. The van der Waals surface area contributed by atoms with Crippen LogP contribution in [-0.4, -0.2) is 19.3 Å². The molecule has 0 bridgehead atoms. The van der Waals surface area contributed by atoms with E-state index in [0.29, 0.717) is 28.8 Å². The van der Waals surface area contributed by atoms with Crippen molar-refractivity contribution in [2.45, 2.75) is 6.54 Å². The Kier molecular flexibility index (Phi) is 4.75. The third-order valence-electron chi connectivity index (χ3n) is 2.95. The van der Waals surface area contributed by atoms with E-state index in [1.807, 2.05) is 0 Å². The molecule has 0 saturated heterocycles. The Bertz CT molecular complexity index is 624. The molecule has 112 valence electrons. The highest BCUT2D eigenvalue weighted by atomic mass is 35.5. The fourth-order valence-electron chi connectivity index (χ4n) is 1.88. The summed E-state index contributed by atoms with van der Waals surface area (Å²) in [4.78, 5) is 0. The van der Waals surface area contributed by atoms with E-state index >= 15 is 0 Å². The number of hydrogen-bond donors (Lipinski definition) is 2. The zero-order valence-electron chi connectivity index (χ0n) is 11.6. The van der Waals surface area contributed by atoms with Crippen molar-refractivity contribution in [1.82, 2.24) is 0 Å². The molecule has 0 saturated carbocycles. The van der Waals surface area contributed by atoms with Crippen molar-refractivity contribution in [3.63, 3.8) is 0 Å². The van der Waals surface area contributed by atoms with Gasteiger partial charge in [0.1, 0.15) is 5.82 Å². The molecule has 0 aromatic heterocycles. The van der Waals surface area contributed by atoms with Crippen LogP contribution in [-0.2, 0) is 6.54 Å². The van der Waals surface area contributed by atoms with Crippen LogP contribution in [0.3, 0.4) is 0 Å². The summed E-state index contributed by atoms with van der Waals surface area (Å²) in [6.45, 7) is 0.415. The number of halogens is 2. The predicted octanol–water partition coefficient (Wildman–Crippen LogP) is 3.81. The maximum Gasteiger partial charge on any atom is 0.200 e. The van der Waals surface area contributed by atoms with Gasteiger partial charge in [-0.3, -0.25) is 0 Å². The number of nitrogens with one attached hydrogen (secondary N) is 1. The normalized spacial score (nSPS) is 10.3. The Hall–Kier alpha value is -2.14. The highest BCUT2D eigenvalue weighted by Gasteiger charge is 2.11. The maximum absolute atomic E-state index is 13.0. The van der Waals surface area contributed by atoms with Crippen molar-refractivity contribution in [1.29, 1.82) is 0 Å². The first-order valence-corrected chi connectivity index (χ1v) is 6.55. The van der Waals surface area contributed by atoms with Gasteiger partial charge in [0.05, 0.1) is 24.9 Å². The van der Waals surface area contributed by atoms with Crippen LogP contribution in [0.1, 0.15) is 5.56 Å². The summed E-state index contributed by atoms with van der Waals surface area (Å²) in [7, 11) is 2.92. The largest absolute Gasteiger partial charge is 0.502 e. The molecule has 2 aromatic carbocycles. The summed E-state index contributed by atoms with van der Waals surface area (Å²) in [5, 5.41) is 13.2. The number of phenols is 1. The fourth-order valence-corrected chi connectivity index (χ4v) is 2.11. The molecule has 0 aliphatic carbocycles. The lowest BCUT2D eigenvalue weighted by Gasteiger charge is -2.13. The Morgan fingerprint density at radius 3 is 2.29 bits per heavy atom. The summed E-state index contributed by atoms with van der Waals surface area (Å²) in [5.41, 5.74) is 1.44. The third kappa shape index (κ3) is 3.49. The molecular weight excluding hydrogens is 297 g/mol. The van der Waals surface area contributed by atoms with Gasteiger partial charge in [-0.05, 0) is 35.9 Å². The Morgan fingerprint density at radius 1 is 1.14 bits per heavy atom. The Labute approximate surface area is 127 Å². The Morgan fingerprint density at radius 2 is 1.76 bits per heavy atom. The van der Waals surface area contributed by atoms with Gasteiger partial charge in [-0.2, -0.15) is 0 Å². The lowest BCUT2D eigenvalue weighted by molar-refractivity contribution is 0.339. The van der Waals surface area contributed by atoms with Crippen molar-refractivity contribution in [2.24, 2.45) is 0 Å². The van der Waals surface area contributed by atoms with E-state index in [-0.39, 0.29) is 5.75 Å². The standard InChI is InChI=1S/C15H15ClFNO3/c1-20-13-5-9(6-14(21-2)15(13)19)8-18-12-4-3-10(17)7-11(12)16/h3-7,18-19H,8H2,1-2H3. The van der Waals surface area contributed by atoms with Gasteiger partial charge in [-0.1, -0.05) is 11.6 Å². The summed E-state index contributed by atoms with van der Waals surface area (Å²) < 4.78 is 23.2. The molecule has 0 radical (unpaired) electrons. The minimum absolute atomic E-state index is 0.0523. The second kappa shape index (κ2) is 6.54. The van der Waals surface area contributed by atoms with Crippen LogP contribution in [0.5, 0.6) is 17.2 Å². The highest BCUT2D eigenvalue weighted by Crippen LogP contribution is 2.37. The van der Waals surface area contributed by atoms with Crippen molar-refractivity contribution in [2.75, 3.05) is 19.5 Å². The molecule has 2 N–H and O–H groups in total. The van der Waals surface area contributed by atoms with Crippen LogP contribution in [0, 0.1) is 5.82 Å². The highest BCUT2D eigenvalue weighted by molar-refractivity contribution is 6.33. The number of methoxy groups -OCH3 is 2. The molecule has 4 nitrogen and oxygen atoms in total. The zero-order valence-corrected chi connectivity index (χ0v) is 12.4. The molecule has 0 aliphatic heterocycles. The van der Waals surface area contributed by atoms with E-state index in [4.69, 9.17) is 21.1 Å². The predicted molar refractivity (Wildman–Crippen MR) is 79.9 cm³/mol. The molecule has 0 aliphatic rings. The molecule has 0 heterocycles. The van der Waals surface area contributed by atoms with Crippen molar-refractivity contribution in [3.05, 3.63) is 46.7 Å². The van der Waals surface area contributed by atoms with Crippen molar-refractivity contribution >= 4 is 17.3 Å². The lowest BCUT2D eigenvalue weighted by Crippen LogP contribution is -2.01. The average molecular weight is 312 g/mol. The molecule has 0 atom stereocenters. The number of ether oxygens (including phenoxy) is 2. The van der Waals surface area contributed by atoms with E-state index in [1.165, 1.54) is 26.4 Å². The molecule has 0 amide bonds. The van der Waals surface area contributed by atoms with Crippen LogP contribution < -0.4 is 14.8 Å². The first kappa shape index (κ1) is 15.3. The third-order valence-corrected chi connectivity index (χ3v) is 3.27. The monoisotopic (exact) mass is 311 g/mol. The average Bonchev–Trinajstić information content (AvgIpc) is 2.47.